The van der Waals surface area contributed by atoms with Gasteiger partial charge in [-0.2, -0.15) is 0 Å². The molecule has 1 fully saturated rings. The van der Waals surface area contributed by atoms with Crippen LogP contribution in [0.5, 0.6) is 0 Å². The maximum atomic E-state index is 12.2. The average Bonchev–Trinajstić information content (AvgIpc) is 2.57. The molecule has 1 aliphatic rings. The van der Waals surface area contributed by atoms with Crippen LogP contribution in [0.4, 0.5) is 0 Å². The number of carbonyl (C=O) groups excluding carboxylic acids is 1. The molecule has 19 heavy (non-hydrogen) atoms. The number of likely N-dealkylation sites (tertiary alicyclic amines) is 1. The quantitative estimate of drug-likeness (QED) is 0.859. The van der Waals surface area contributed by atoms with Gasteiger partial charge in [-0.05, 0) is 44.9 Å². The first-order chi connectivity index (χ1) is 8.71. The van der Waals surface area contributed by atoms with Crippen molar-refractivity contribution in [3.05, 3.63) is 34.3 Å². The van der Waals surface area contributed by atoms with Crippen LogP contribution in [-0.2, 0) is 4.79 Å². The Morgan fingerprint density at radius 2 is 2.00 bits per heavy atom. The fourth-order valence-electron chi connectivity index (χ4n) is 2.74. The van der Waals surface area contributed by atoms with E-state index in [9.17, 15) is 4.79 Å². The van der Waals surface area contributed by atoms with Gasteiger partial charge in [0, 0.05) is 23.0 Å². The highest BCUT2D eigenvalue weighted by molar-refractivity contribution is 6.31. The molecule has 104 valence electrons. The lowest BCUT2D eigenvalue weighted by Crippen LogP contribution is -2.45. The highest BCUT2D eigenvalue weighted by Gasteiger charge is 2.43. The molecule has 0 spiro atoms. The lowest BCUT2D eigenvalue weighted by molar-refractivity contribution is -0.133. The van der Waals surface area contributed by atoms with Crippen LogP contribution in [0.15, 0.2) is 18.2 Å². The highest BCUT2D eigenvalue weighted by atomic mass is 35.5. The van der Waals surface area contributed by atoms with Crippen LogP contribution in [0.2, 0.25) is 5.02 Å². The summed E-state index contributed by atoms with van der Waals surface area (Å²) in [6.07, 6.45) is 0.396. The van der Waals surface area contributed by atoms with Gasteiger partial charge in [0.1, 0.15) is 0 Å². The Morgan fingerprint density at radius 3 is 2.53 bits per heavy atom. The standard InChI is InChI=1S/C15H21ClN2O/c1-9-5-6-10(7-11(9)16)14-12(17)8-13(19)18(14)15(2,3)4/h5-7,12,14H,8,17H2,1-4H3. The number of benzene rings is 1. The van der Waals surface area contributed by atoms with Gasteiger partial charge in [-0.3, -0.25) is 4.79 Å². The SMILES string of the molecule is Cc1ccc(C2C(N)CC(=O)N2C(C)(C)C)cc1Cl. The zero-order valence-corrected chi connectivity index (χ0v) is 12.7. The molecule has 1 heterocycles. The molecule has 2 rings (SSSR count). The molecule has 0 aliphatic carbocycles. The van der Waals surface area contributed by atoms with E-state index in [1.807, 2.05) is 50.8 Å². The minimum atomic E-state index is -0.243. The van der Waals surface area contributed by atoms with Crippen LogP contribution in [-0.4, -0.2) is 22.4 Å². The van der Waals surface area contributed by atoms with Crippen LogP contribution in [0.3, 0.4) is 0 Å². The number of nitrogens with zero attached hydrogens (tertiary/aromatic N) is 1. The smallest absolute Gasteiger partial charge is 0.225 e. The molecule has 1 aromatic rings. The van der Waals surface area contributed by atoms with Crippen molar-refractivity contribution in [3.63, 3.8) is 0 Å². The predicted molar refractivity (Wildman–Crippen MR) is 78.1 cm³/mol. The van der Waals surface area contributed by atoms with Crippen molar-refractivity contribution in [2.45, 2.75) is 51.7 Å². The van der Waals surface area contributed by atoms with E-state index in [1.165, 1.54) is 0 Å². The van der Waals surface area contributed by atoms with Crippen LogP contribution in [0.25, 0.3) is 0 Å². The van der Waals surface area contributed by atoms with Crippen molar-refractivity contribution in [1.82, 2.24) is 4.90 Å². The van der Waals surface area contributed by atoms with Gasteiger partial charge < -0.3 is 10.6 Å². The topological polar surface area (TPSA) is 46.3 Å². The van der Waals surface area contributed by atoms with E-state index in [-0.39, 0.29) is 23.5 Å². The molecule has 1 aromatic carbocycles. The second-order valence-electron chi connectivity index (χ2n) is 6.26. The van der Waals surface area contributed by atoms with Crippen molar-refractivity contribution in [2.75, 3.05) is 0 Å². The molecule has 2 N–H and O–H groups in total. The largest absolute Gasteiger partial charge is 0.329 e. The minimum Gasteiger partial charge on any atom is -0.329 e. The summed E-state index contributed by atoms with van der Waals surface area (Å²) in [5.41, 5.74) is 7.98. The van der Waals surface area contributed by atoms with E-state index in [0.29, 0.717) is 6.42 Å². The number of rotatable bonds is 1. The second-order valence-corrected chi connectivity index (χ2v) is 6.66. The summed E-state index contributed by atoms with van der Waals surface area (Å²) in [5.74, 6) is 0.113. The molecule has 2 atom stereocenters. The first kappa shape index (κ1) is 14.4. The van der Waals surface area contributed by atoms with Gasteiger partial charge in [0.2, 0.25) is 5.91 Å². The summed E-state index contributed by atoms with van der Waals surface area (Å²) >= 11 is 6.19. The number of nitrogens with two attached hydrogens (primary N) is 1. The molecular formula is C15H21ClN2O. The summed E-state index contributed by atoms with van der Waals surface area (Å²) < 4.78 is 0. The zero-order valence-electron chi connectivity index (χ0n) is 11.9. The van der Waals surface area contributed by atoms with Crippen LogP contribution < -0.4 is 5.73 Å². The van der Waals surface area contributed by atoms with Gasteiger partial charge in [0.15, 0.2) is 0 Å². The first-order valence-electron chi connectivity index (χ1n) is 6.55. The number of carbonyl (C=O) groups is 1. The fraction of sp³-hybridized carbons (Fsp3) is 0.533. The van der Waals surface area contributed by atoms with Crippen molar-refractivity contribution >= 4 is 17.5 Å². The molecule has 0 bridgehead atoms. The number of hydrogen-bond acceptors (Lipinski definition) is 2. The lowest BCUT2D eigenvalue weighted by atomic mass is 9.96. The zero-order chi connectivity index (χ0) is 14.4. The van der Waals surface area contributed by atoms with Crippen molar-refractivity contribution in [1.29, 1.82) is 0 Å². The summed E-state index contributed by atoms with van der Waals surface area (Å²) in [6, 6.07) is 5.66. The molecular weight excluding hydrogens is 260 g/mol. The molecule has 3 nitrogen and oxygen atoms in total. The van der Waals surface area contributed by atoms with Crippen LogP contribution >= 0.6 is 11.6 Å². The van der Waals surface area contributed by atoms with Gasteiger partial charge in [-0.25, -0.2) is 0 Å². The normalized spacial score (nSPS) is 24.1. The summed E-state index contributed by atoms with van der Waals surface area (Å²) in [5, 5.41) is 0.720. The summed E-state index contributed by atoms with van der Waals surface area (Å²) in [6.45, 7) is 8.07. The lowest BCUT2D eigenvalue weighted by Gasteiger charge is -2.38. The second kappa shape index (κ2) is 4.80. The minimum absolute atomic E-state index is 0.0920. The monoisotopic (exact) mass is 280 g/mol. The Hall–Kier alpha value is -1.06. The van der Waals surface area contributed by atoms with Gasteiger partial charge in [-0.1, -0.05) is 23.7 Å². The van der Waals surface area contributed by atoms with E-state index < -0.39 is 0 Å². The predicted octanol–water partition coefficient (Wildman–Crippen LogP) is 3.05. The van der Waals surface area contributed by atoms with Gasteiger partial charge >= 0.3 is 0 Å². The van der Waals surface area contributed by atoms with E-state index in [4.69, 9.17) is 17.3 Å². The molecule has 0 saturated carbocycles. The molecule has 4 heteroatoms. The highest BCUT2D eigenvalue weighted by Crippen LogP contribution is 2.38. The van der Waals surface area contributed by atoms with E-state index in [0.717, 1.165) is 16.1 Å². The maximum Gasteiger partial charge on any atom is 0.225 e. The first-order valence-corrected chi connectivity index (χ1v) is 6.93. The molecule has 0 aromatic heterocycles. The van der Waals surface area contributed by atoms with Gasteiger partial charge in [-0.15, -0.1) is 0 Å². The Balaban J connectivity index is 2.45. The number of amides is 1. The van der Waals surface area contributed by atoms with Crippen LogP contribution in [0.1, 0.15) is 44.4 Å². The molecule has 1 saturated heterocycles. The third-order valence-electron chi connectivity index (χ3n) is 3.62. The van der Waals surface area contributed by atoms with E-state index in [2.05, 4.69) is 0 Å². The third-order valence-corrected chi connectivity index (χ3v) is 4.03. The van der Waals surface area contributed by atoms with Crippen molar-refractivity contribution in [2.24, 2.45) is 5.73 Å². The molecule has 2 unspecified atom stereocenters. The van der Waals surface area contributed by atoms with Crippen molar-refractivity contribution < 1.29 is 4.79 Å². The number of halogens is 1. The maximum absolute atomic E-state index is 12.2. The fourth-order valence-corrected chi connectivity index (χ4v) is 2.93. The Kier molecular flexibility index (Phi) is 3.63. The number of hydrogen-bond donors (Lipinski definition) is 1. The Morgan fingerprint density at radius 1 is 1.37 bits per heavy atom. The number of aryl methyl sites for hydroxylation is 1. The molecule has 1 amide bonds. The van der Waals surface area contributed by atoms with Gasteiger partial charge in [0.05, 0.1) is 6.04 Å². The Labute approximate surface area is 119 Å². The van der Waals surface area contributed by atoms with Gasteiger partial charge in [0.25, 0.3) is 0 Å². The summed E-state index contributed by atoms with van der Waals surface area (Å²) in [7, 11) is 0. The molecule has 0 radical (unpaired) electrons. The van der Waals surface area contributed by atoms with Crippen molar-refractivity contribution in [3.8, 4) is 0 Å². The molecule has 1 aliphatic heterocycles. The Bertz CT molecular complexity index is 507. The van der Waals surface area contributed by atoms with E-state index >= 15 is 0 Å². The third kappa shape index (κ3) is 2.63. The van der Waals surface area contributed by atoms with E-state index in [1.54, 1.807) is 0 Å². The summed E-state index contributed by atoms with van der Waals surface area (Å²) in [4.78, 5) is 14.1. The average molecular weight is 281 g/mol. The van der Waals surface area contributed by atoms with Crippen LogP contribution in [0, 0.1) is 6.92 Å².